The van der Waals surface area contributed by atoms with E-state index in [2.05, 4.69) is 19.1 Å². The van der Waals surface area contributed by atoms with Gasteiger partial charge in [0.2, 0.25) is 5.91 Å². The summed E-state index contributed by atoms with van der Waals surface area (Å²) in [5.74, 6) is 0.200. The Morgan fingerprint density at radius 1 is 1.38 bits per heavy atom. The van der Waals surface area contributed by atoms with E-state index >= 15 is 0 Å². The average molecular weight is 221 g/mol. The zero-order valence-corrected chi connectivity index (χ0v) is 9.65. The molecule has 0 bridgehead atoms. The third-order valence-electron chi connectivity index (χ3n) is 2.85. The van der Waals surface area contributed by atoms with E-state index in [1.54, 1.807) is 5.48 Å². The van der Waals surface area contributed by atoms with Gasteiger partial charge in [-0.05, 0) is 24.3 Å². The summed E-state index contributed by atoms with van der Waals surface area (Å²) in [4.78, 5) is 10.9. The average Bonchev–Trinajstić information content (AvgIpc) is 2.35. The molecule has 0 aliphatic heterocycles. The first kappa shape index (κ1) is 12.7. The Morgan fingerprint density at radius 3 is 2.62 bits per heavy atom. The number of carbonyl (C=O) groups is 1. The van der Waals surface area contributed by atoms with Crippen LogP contribution in [-0.4, -0.2) is 11.1 Å². The zero-order chi connectivity index (χ0) is 11.8. The molecule has 0 aliphatic carbocycles. The summed E-state index contributed by atoms with van der Waals surface area (Å²) in [5, 5.41) is 8.41. The summed E-state index contributed by atoms with van der Waals surface area (Å²) in [6.07, 6.45) is 3.25. The lowest BCUT2D eigenvalue weighted by atomic mass is 9.92. The molecule has 0 saturated heterocycles. The Hall–Kier alpha value is -1.35. The molecule has 0 aliphatic rings. The predicted octanol–water partition coefficient (Wildman–Crippen LogP) is 2.54. The van der Waals surface area contributed by atoms with Crippen LogP contribution in [0.25, 0.3) is 0 Å². The summed E-state index contributed by atoms with van der Waals surface area (Å²) in [7, 11) is 0. The largest absolute Gasteiger partial charge is 0.289 e. The first-order valence-electron chi connectivity index (χ1n) is 5.73. The minimum Gasteiger partial charge on any atom is -0.289 e. The van der Waals surface area contributed by atoms with Crippen molar-refractivity contribution in [2.45, 2.75) is 32.6 Å². The molecule has 3 nitrogen and oxygen atoms in total. The third kappa shape index (κ3) is 4.45. The molecule has 1 aromatic carbocycles. The molecule has 1 aromatic rings. The van der Waals surface area contributed by atoms with Gasteiger partial charge in [0.1, 0.15) is 0 Å². The highest BCUT2D eigenvalue weighted by Crippen LogP contribution is 2.17. The van der Waals surface area contributed by atoms with Gasteiger partial charge in [-0.25, -0.2) is 5.48 Å². The van der Waals surface area contributed by atoms with Gasteiger partial charge in [0.25, 0.3) is 0 Å². The van der Waals surface area contributed by atoms with Gasteiger partial charge in [-0.15, -0.1) is 0 Å². The zero-order valence-electron chi connectivity index (χ0n) is 9.65. The molecule has 0 spiro atoms. The fraction of sp³-hybridized carbons (Fsp3) is 0.462. The van der Waals surface area contributed by atoms with Crippen LogP contribution in [0.1, 0.15) is 31.7 Å². The van der Waals surface area contributed by atoms with Gasteiger partial charge in [0, 0.05) is 6.42 Å². The van der Waals surface area contributed by atoms with E-state index in [4.69, 9.17) is 5.21 Å². The summed E-state index contributed by atoms with van der Waals surface area (Å²) >= 11 is 0. The molecular formula is C13H19NO2. The monoisotopic (exact) mass is 221 g/mol. The first-order valence-corrected chi connectivity index (χ1v) is 5.73. The molecule has 1 rings (SSSR count). The predicted molar refractivity (Wildman–Crippen MR) is 63.1 cm³/mol. The second-order valence-electron chi connectivity index (χ2n) is 4.04. The number of hydrogen-bond acceptors (Lipinski definition) is 2. The van der Waals surface area contributed by atoms with Crippen molar-refractivity contribution >= 4 is 5.91 Å². The van der Waals surface area contributed by atoms with Crippen molar-refractivity contribution < 1.29 is 10.0 Å². The number of hydroxylamine groups is 1. The van der Waals surface area contributed by atoms with Crippen molar-refractivity contribution in [2.24, 2.45) is 5.92 Å². The maximum Gasteiger partial charge on any atom is 0.243 e. The number of carbonyl (C=O) groups excluding carboxylic acids is 1. The molecule has 1 unspecified atom stereocenters. The SMILES string of the molecule is CCC(CCC(=O)NO)Cc1ccccc1. The van der Waals surface area contributed by atoms with Crippen molar-refractivity contribution in [3.05, 3.63) is 35.9 Å². The van der Waals surface area contributed by atoms with Crippen molar-refractivity contribution in [1.29, 1.82) is 0 Å². The molecular weight excluding hydrogens is 202 g/mol. The molecule has 2 N–H and O–H groups in total. The number of amides is 1. The van der Waals surface area contributed by atoms with Gasteiger partial charge in [-0.1, -0.05) is 43.7 Å². The molecule has 1 amide bonds. The number of rotatable bonds is 6. The van der Waals surface area contributed by atoms with Crippen molar-refractivity contribution in [2.75, 3.05) is 0 Å². The molecule has 3 heteroatoms. The van der Waals surface area contributed by atoms with Gasteiger partial charge >= 0.3 is 0 Å². The molecule has 16 heavy (non-hydrogen) atoms. The minimum atomic E-state index is -0.300. The molecule has 1 atom stereocenters. The van der Waals surface area contributed by atoms with Crippen molar-refractivity contribution in [3.8, 4) is 0 Å². The van der Waals surface area contributed by atoms with E-state index in [0.717, 1.165) is 19.3 Å². The van der Waals surface area contributed by atoms with E-state index in [-0.39, 0.29) is 5.91 Å². The highest BCUT2D eigenvalue weighted by molar-refractivity contribution is 5.74. The Kier molecular flexibility index (Phi) is 5.57. The summed E-state index contributed by atoms with van der Waals surface area (Å²) in [6, 6.07) is 10.3. The smallest absolute Gasteiger partial charge is 0.243 e. The molecule has 0 heterocycles. The lowest BCUT2D eigenvalue weighted by molar-refractivity contribution is -0.129. The highest BCUT2D eigenvalue weighted by Gasteiger charge is 2.09. The van der Waals surface area contributed by atoms with E-state index < -0.39 is 0 Å². The van der Waals surface area contributed by atoms with Gasteiger partial charge in [0.15, 0.2) is 0 Å². The third-order valence-corrected chi connectivity index (χ3v) is 2.85. The maximum absolute atomic E-state index is 10.9. The van der Waals surface area contributed by atoms with Crippen LogP contribution in [0.4, 0.5) is 0 Å². The van der Waals surface area contributed by atoms with Crippen molar-refractivity contribution in [1.82, 2.24) is 5.48 Å². The molecule has 88 valence electrons. The summed E-state index contributed by atoms with van der Waals surface area (Å²) < 4.78 is 0. The quantitative estimate of drug-likeness (QED) is 0.573. The maximum atomic E-state index is 10.9. The molecule has 0 saturated carbocycles. The second-order valence-corrected chi connectivity index (χ2v) is 4.04. The van der Waals surface area contributed by atoms with Gasteiger partial charge in [0.05, 0.1) is 0 Å². The van der Waals surface area contributed by atoms with Crippen LogP contribution < -0.4 is 5.48 Å². The summed E-state index contributed by atoms with van der Waals surface area (Å²) in [5.41, 5.74) is 2.97. The van der Waals surface area contributed by atoms with Crippen LogP contribution in [0.2, 0.25) is 0 Å². The van der Waals surface area contributed by atoms with Crippen LogP contribution in [0.3, 0.4) is 0 Å². The highest BCUT2D eigenvalue weighted by atomic mass is 16.5. The lowest BCUT2D eigenvalue weighted by Crippen LogP contribution is -2.19. The van der Waals surface area contributed by atoms with Gasteiger partial charge in [-0.3, -0.25) is 10.0 Å². The fourth-order valence-corrected chi connectivity index (χ4v) is 1.79. The molecule has 0 aromatic heterocycles. The Balaban J connectivity index is 2.40. The van der Waals surface area contributed by atoms with E-state index in [1.165, 1.54) is 5.56 Å². The van der Waals surface area contributed by atoms with Crippen molar-refractivity contribution in [3.63, 3.8) is 0 Å². The number of nitrogens with one attached hydrogen (secondary N) is 1. The van der Waals surface area contributed by atoms with Crippen LogP contribution in [0.5, 0.6) is 0 Å². The van der Waals surface area contributed by atoms with Gasteiger partial charge in [-0.2, -0.15) is 0 Å². The molecule has 0 fully saturated rings. The Labute approximate surface area is 96.4 Å². The minimum absolute atomic E-state index is 0.300. The first-order chi connectivity index (χ1) is 7.76. The van der Waals surface area contributed by atoms with E-state index in [1.807, 2.05) is 18.2 Å². The standard InChI is InChI=1S/C13H19NO2/c1-2-11(8-9-13(15)14-16)10-12-6-4-3-5-7-12/h3-7,11,16H,2,8-10H2,1H3,(H,14,15). The normalized spacial score (nSPS) is 12.1. The molecule has 0 radical (unpaired) electrons. The van der Waals surface area contributed by atoms with Gasteiger partial charge < -0.3 is 0 Å². The Bertz CT molecular complexity index is 311. The van der Waals surface area contributed by atoms with Crippen LogP contribution in [0, 0.1) is 5.92 Å². The lowest BCUT2D eigenvalue weighted by Gasteiger charge is -2.13. The van der Waals surface area contributed by atoms with Crippen LogP contribution in [0.15, 0.2) is 30.3 Å². The number of hydrogen-bond donors (Lipinski definition) is 2. The fourth-order valence-electron chi connectivity index (χ4n) is 1.79. The van der Waals surface area contributed by atoms with E-state index in [0.29, 0.717) is 12.3 Å². The van der Waals surface area contributed by atoms with Crippen LogP contribution in [-0.2, 0) is 11.2 Å². The van der Waals surface area contributed by atoms with Crippen LogP contribution >= 0.6 is 0 Å². The topological polar surface area (TPSA) is 49.3 Å². The second kappa shape index (κ2) is 7.01. The van der Waals surface area contributed by atoms with E-state index in [9.17, 15) is 4.79 Å². The Morgan fingerprint density at radius 2 is 2.06 bits per heavy atom. The summed E-state index contributed by atoms with van der Waals surface area (Å²) in [6.45, 7) is 2.13. The number of benzene rings is 1.